The van der Waals surface area contributed by atoms with Crippen LogP contribution >= 0.6 is 0 Å². The second-order valence-electron chi connectivity index (χ2n) is 4.51. The van der Waals surface area contributed by atoms with Crippen LogP contribution in [-0.4, -0.2) is 50.2 Å². The molecule has 0 aliphatic carbocycles. The molecule has 0 saturated carbocycles. The lowest BCUT2D eigenvalue weighted by Gasteiger charge is -2.21. The van der Waals surface area contributed by atoms with Crippen LogP contribution in [0.1, 0.15) is 22.8 Å². The van der Waals surface area contributed by atoms with Gasteiger partial charge in [0.15, 0.2) is 0 Å². The molecule has 6 heteroatoms. The summed E-state index contributed by atoms with van der Waals surface area (Å²) in [4.78, 5) is 25.1. The van der Waals surface area contributed by atoms with Crippen molar-refractivity contribution in [1.29, 1.82) is 0 Å². The van der Waals surface area contributed by atoms with Crippen molar-refractivity contribution < 1.29 is 23.5 Å². The quantitative estimate of drug-likeness (QED) is 0.720. The zero-order valence-electron chi connectivity index (χ0n) is 12.5. The van der Waals surface area contributed by atoms with Crippen LogP contribution in [0.25, 0.3) is 0 Å². The molecule has 0 atom stereocenters. The highest BCUT2D eigenvalue weighted by molar-refractivity contribution is 5.96. The molecule has 0 heterocycles. The van der Waals surface area contributed by atoms with Crippen LogP contribution in [0, 0.1) is 12.7 Å². The van der Waals surface area contributed by atoms with Crippen molar-refractivity contribution >= 4 is 11.9 Å². The van der Waals surface area contributed by atoms with Gasteiger partial charge in [-0.3, -0.25) is 9.59 Å². The third kappa shape index (κ3) is 5.15. The molecule has 0 spiro atoms. The van der Waals surface area contributed by atoms with Crippen molar-refractivity contribution in [3.05, 3.63) is 35.1 Å². The van der Waals surface area contributed by atoms with Crippen LogP contribution in [0.5, 0.6) is 0 Å². The van der Waals surface area contributed by atoms with Crippen molar-refractivity contribution in [1.82, 2.24) is 4.90 Å². The van der Waals surface area contributed by atoms with E-state index in [1.54, 1.807) is 19.9 Å². The van der Waals surface area contributed by atoms with Gasteiger partial charge in [0.1, 0.15) is 12.4 Å². The lowest BCUT2D eigenvalue weighted by molar-refractivity contribution is -0.143. The number of carbonyl (C=O) groups excluding carboxylic acids is 2. The van der Waals surface area contributed by atoms with Gasteiger partial charge in [-0.15, -0.1) is 0 Å². The van der Waals surface area contributed by atoms with Gasteiger partial charge in [-0.25, -0.2) is 4.39 Å². The molecule has 1 amide bonds. The molecule has 0 N–H and O–H groups in total. The number of hydrogen-bond acceptors (Lipinski definition) is 4. The number of methoxy groups -OCH3 is 1. The predicted molar refractivity (Wildman–Crippen MR) is 75.5 cm³/mol. The standard InChI is InChI=1S/C15H20FNO4/c1-4-21-14(18)10-17(7-8-20-3)15(19)12-6-5-11(2)9-13(12)16/h5-6,9H,4,7-8,10H2,1-3H3. The first-order valence-electron chi connectivity index (χ1n) is 6.69. The summed E-state index contributed by atoms with van der Waals surface area (Å²) in [7, 11) is 1.49. The molecule has 0 saturated heterocycles. The van der Waals surface area contributed by atoms with Crippen LogP contribution in [0.4, 0.5) is 4.39 Å². The number of ether oxygens (including phenoxy) is 2. The van der Waals surface area contributed by atoms with E-state index in [-0.39, 0.29) is 31.9 Å². The zero-order chi connectivity index (χ0) is 15.8. The maximum atomic E-state index is 13.9. The Morgan fingerprint density at radius 2 is 2.05 bits per heavy atom. The molecule has 0 unspecified atom stereocenters. The van der Waals surface area contributed by atoms with Crippen LogP contribution in [0.2, 0.25) is 0 Å². The molecule has 1 rings (SSSR count). The van der Waals surface area contributed by atoms with E-state index in [2.05, 4.69) is 0 Å². The molecule has 0 bridgehead atoms. The van der Waals surface area contributed by atoms with E-state index in [0.29, 0.717) is 0 Å². The predicted octanol–water partition coefficient (Wildman–Crippen LogP) is 1.79. The highest BCUT2D eigenvalue weighted by atomic mass is 19.1. The highest BCUT2D eigenvalue weighted by Gasteiger charge is 2.22. The van der Waals surface area contributed by atoms with Crippen LogP contribution in [0.3, 0.4) is 0 Å². The van der Waals surface area contributed by atoms with Crippen molar-refractivity contribution in [3.63, 3.8) is 0 Å². The summed E-state index contributed by atoms with van der Waals surface area (Å²) in [5.41, 5.74) is 0.652. The Labute approximate surface area is 123 Å². The summed E-state index contributed by atoms with van der Waals surface area (Å²) in [6.07, 6.45) is 0. The van der Waals surface area contributed by atoms with E-state index < -0.39 is 17.7 Å². The number of rotatable bonds is 7. The zero-order valence-corrected chi connectivity index (χ0v) is 12.5. The van der Waals surface area contributed by atoms with Gasteiger partial charge in [-0.05, 0) is 31.5 Å². The molecule has 0 aliphatic heterocycles. The third-order valence-electron chi connectivity index (χ3n) is 2.83. The third-order valence-corrected chi connectivity index (χ3v) is 2.83. The van der Waals surface area contributed by atoms with Crippen molar-refractivity contribution in [2.75, 3.05) is 33.4 Å². The largest absolute Gasteiger partial charge is 0.465 e. The van der Waals surface area contributed by atoms with E-state index >= 15 is 0 Å². The second kappa shape index (κ2) is 8.36. The normalized spacial score (nSPS) is 10.3. The number of halogens is 1. The summed E-state index contributed by atoms with van der Waals surface area (Å²) >= 11 is 0. The van der Waals surface area contributed by atoms with Gasteiger partial charge in [-0.2, -0.15) is 0 Å². The monoisotopic (exact) mass is 297 g/mol. The molecule has 0 aliphatic rings. The number of aryl methyl sites for hydroxylation is 1. The van der Waals surface area contributed by atoms with Crippen LogP contribution < -0.4 is 0 Å². The van der Waals surface area contributed by atoms with Gasteiger partial charge in [0.05, 0.1) is 18.8 Å². The molecule has 1 aromatic carbocycles. The van der Waals surface area contributed by atoms with Crippen LogP contribution in [0.15, 0.2) is 18.2 Å². The van der Waals surface area contributed by atoms with Gasteiger partial charge >= 0.3 is 5.97 Å². The minimum atomic E-state index is -0.605. The molecular weight excluding hydrogens is 277 g/mol. The Bertz CT molecular complexity index is 504. The Morgan fingerprint density at radius 1 is 1.33 bits per heavy atom. The fourth-order valence-corrected chi connectivity index (χ4v) is 1.78. The Hall–Kier alpha value is -1.95. The number of carbonyl (C=O) groups is 2. The van der Waals surface area contributed by atoms with E-state index in [0.717, 1.165) is 5.56 Å². The molecule has 116 valence electrons. The molecule has 21 heavy (non-hydrogen) atoms. The lowest BCUT2D eigenvalue weighted by Crippen LogP contribution is -2.39. The number of hydrogen-bond donors (Lipinski definition) is 0. The Kier molecular flexibility index (Phi) is 6.81. The second-order valence-corrected chi connectivity index (χ2v) is 4.51. The van der Waals surface area contributed by atoms with Crippen molar-refractivity contribution in [2.45, 2.75) is 13.8 Å². The molecule has 0 fully saturated rings. The average molecular weight is 297 g/mol. The van der Waals surface area contributed by atoms with E-state index in [1.807, 2.05) is 0 Å². The van der Waals surface area contributed by atoms with Gasteiger partial charge < -0.3 is 14.4 Å². The van der Waals surface area contributed by atoms with Gasteiger partial charge in [0.2, 0.25) is 0 Å². The molecule has 0 radical (unpaired) electrons. The Balaban J connectivity index is 2.90. The van der Waals surface area contributed by atoms with E-state index in [4.69, 9.17) is 9.47 Å². The lowest BCUT2D eigenvalue weighted by atomic mass is 10.1. The first-order valence-corrected chi connectivity index (χ1v) is 6.69. The topological polar surface area (TPSA) is 55.8 Å². The molecule has 5 nitrogen and oxygen atoms in total. The van der Waals surface area contributed by atoms with Gasteiger partial charge in [-0.1, -0.05) is 6.07 Å². The van der Waals surface area contributed by atoms with Gasteiger partial charge in [0, 0.05) is 13.7 Å². The summed E-state index contributed by atoms with van der Waals surface area (Å²) in [6.45, 7) is 3.84. The summed E-state index contributed by atoms with van der Waals surface area (Å²) in [5.74, 6) is -1.70. The highest BCUT2D eigenvalue weighted by Crippen LogP contribution is 2.13. The molecule has 0 aromatic heterocycles. The summed E-state index contributed by atoms with van der Waals surface area (Å²) < 4.78 is 23.6. The number of benzene rings is 1. The maximum Gasteiger partial charge on any atom is 0.325 e. The minimum Gasteiger partial charge on any atom is -0.465 e. The summed E-state index contributed by atoms with van der Waals surface area (Å²) in [5, 5.41) is 0. The van der Waals surface area contributed by atoms with E-state index in [9.17, 15) is 14.0 Å². The van der Waals surface area contributed by atoms with Crippen molar-refractivity contribution in [3.8, 4) is 0 Å². The SMILES string of the molecule is CCOC(=O)CN(CCOC)C(=O)c1ccc(C)cc1F. The number of esters is 1. The van der Waals surface area contributed by atoms with Gasteiger partial charge in [0.25, 0.3) is 5.91 Å². The average Bonchev–Trinajstić information content (AvgIpc) is 2.43. The molecule has 1 aromatic rings. The Morgan fingerprint density at radius 3 is 2.62 bits per heavy atom. The maximum absolute atomic E-state index is 13.9. The fraction of sp³-hybridized carbons (Fsp3) is 0.467. The fourth-order valence-electron chi connectivity index (χ4n) is 1.78. The smallest absolute Gasteiger partial charge is 0.325 e. The molecular formula is C15H20FNO4. The minimum absolute atomic E-state index is 0.0685. The first-order chi connectivity index (χ1) is 9.99. The number of amides is 1. The van der Waals surface area contributed by atoms with Crippen molar-refractivity contribution in [2.24, 2.45) is 0 Å². The van der Waals surface area contributed by atoms with E-state index in [1.165, 1.54) is 24.1 Å². The van der Waals surface area contributed by atoms with Crippen LogP contribution in [-0.2, 0) is 14.3 Å². The summed E-state index contributed by atoms with van der Waals surface area (Å²) in [6, 6.07) is 4.35. The number of nitrogens with zero attached hydrogens (tertiary/aromatic N) is 1. The first kappa shape index (κ1) is 17.1.